The third kappa shape index (κ3) is 1.25. The lowest BCUT2D eigenvalue weighted by atomic mass is 10.4. The van der Waals surface area contributed by atoms with E-state index in [1.807, 2.05) is 6.20 Å². The van der Waals surface area contributed by atoms with Gasteiger partial charge in [-0.05, 0) is 4.98 Å². The van der Waals surface area contributed by atoms with Gasteiger partial charge < -0.3 is 0 Å². The average molecular weight is 239 g/mol. The maximum absolute atomic E-state index is 4.36. The van der Waals surface area contributed by atoms with Crippen molar-refractivity contribution in [3.05, 3.63) is 31.1 Å². The first-order valence-corrected chi connectivity index (χ1v) is 5.27. The predicted molar refractivity (Wildman–Crippen MR) is 60.7 cm³/mol. The van der Waals surface area contributed by atoms with Gasteiger partial charge in [-0.1, -0.05) is 4.98 Å². The molecule has 0 aliphatic rings. The third-order valence-electron chi connectivity index (χ3n) is 2.63. The molecule has 4 heterocycles. The molecular formula is C10H7N8+. The van der Waals surface area contributed by atoms with Gasteiger partial charge in [-0.3, -0.25) is 0 Å². The highest BCUT2D eigenvalue weighted by Crippen LogP contribution is 2.07. The quantitative estimate of drug-likeness (QED) is 0.452. The molecule has 0 unspecified atom stereocenters. The van der Waals surface area contributed by atoms with Crippen LogP contribution in [0.15, 0.2) is 31.1 Å². The van der Waals surface area contributed by atoms with Crippen molar-refractivity contribution in [2.75, 3.05) is 0 Å². The van der Waals surface area contributed by atoms with E-state index in [9.17, 15) is 0 Å². The molecule has 2 N–H and O–H groups in total. The van der Waals surface area contributed by atoms with Gasteiger partial charge in [0.15, 0.2) is 0 Å². The van der Waals surface area contributed by atoms with E-state index in [4.69, 9.17) is 0 Å². The van der Waals surface area contributed by atoms with Crippen LogP contribution >= 0.6 is 0 Å². The van der Waals surface area contributed by atoms with E-state index >= 15 is 0 Å². The summed E-state index contributed by atoms with van der Waals surface area (Å²) in [5, 5.41) is 10.7. The topological polar surface area (TPSA) is 99.9 Å². The van der Waals surface area contributed by atoms with Crippen LogP contribution in [0.25, 0.3) is 28.0 Å². The Bertz CT molecular complexity index is 812. The highest BCUT2D eigenvalue weighted by Gasteiger charge is 2.15. The SMILES string of the molecule is c1ncc2[nH][n+](-c3ncc4cn[nH]c4n3)cc2n1. The third-order valence-corrected chi connectivity index (χ3v) is 2.63. The predicted octanol–water partition coefficient (Wildman–Crippen LogP) is -0.0991. The van der Waals surface area contributed by atoms with Crippen LogP contribution < -0.4 is 4.68 Å². The Hall–Kier alpha value is -2.90. The lowest BCUT2D eigenvalue weighted by Gasteiger charge is -1.87. The van der Waals surface area contributed by atoms with Crippen LogP contribution in [0.3, 0.4) is 0 Å². The number of nitrogens with one attached hydrogen (secondary N) is 2. The van der Waals surface area contributed by atoms with E-state index < -0.39 is 0 Å². The number of fused-ring (bicyclic) bond motifs is 2. The monoisotopic (exact) mass is 239 g/mol. The molecule has 4 rings (SSSR count). The number of hydrogen-bond donors (Lipinski definition) is 2. The van der Waals surface area contributed by atoms with Crippen LogP contribution in [-0.4, -0.2) is 35.2 Å². The molecule has 0 fully saturated rings. The second kappa shape index (κ2) is 3.29. The number of rotatable bonds is 1. The zero-order chi connectivity index (χ0) is 11.9. The van der Waals surface area contributed by atoms with Crippen molar-refractivity contribution in [1.29, 1.82) is 0 Å². The molecule has 0 atom stereocenters. The fourth-order valence-electron chi connectivity index (χ4n) is 1.77. The summed E-state index contributed by atoms with van der Waals surface area (Å²) < 4.78 is 1.69. The summed E-state index contributed by atoms with van der Waals surface area (Å²) in [6.07, 6.45) is 8.41. The molecule has 0 aliphatic heterocycles. The van der Waals surface area contributed by atoms with E-state index in [-0.39, 0.29) is 0 Å². The number of aromatic amines is 2. The van der Waals surface area contributed by atoms with E-state index in [0.29, 0.717) is 11.6 Å². The summed E-state index contributed by atoms with van der Waals surface area (Å²) >= 11 is 0. The van der Waals surface area contributed by atoms with Gasteiger partial charge in [-0.2, -0.15) is 5.10 Å². The largest absolute Gasteiger partial charge is 0.457 e. The molecule has 0 radical (unpaired) electrons. The first kappa shape index (κ1) is 9.16. The summed E-state index contributed by atoms with van der Waals surface area (Å²) in [6, 6.07) is 0. The Balaban J connectivity index is 1.94. The fraction of sp³-hybridized carbons (Fsp3) is 0. The van der Waals surface area contributed by atoms with Gasteiger partial charge in [-0.25, -0.2) is 20.2 Å². The molecule has 18 heavy (non-hydrogen) atoms. The van der Waals surface area contributed by atoms with Crippen molar-refractivity contribution in [3.8, 4) is 5.95 Å². The standard InChI is InChI=1S/C10H6N8/c1-6-2-14-16-9(6)15-10(12-1)18-4-8-7(17-18)3-11-5-13-8/h1-5H,(H,12,14,15,16)/p+1. The molecular weight excluding hydrogens is 232 g/mol. The molecule has 0 aliphatic carbocycles. The zero-order valence-electron chi connectivity index (χ0n) is 9.07. The Morgan fingerprint density at radius 2 is 2.11 bits per heavy atom. The van der Waals surface area contributed by atoms with Crippen molar-refractivity contribution < 1.29 is 4.68 Å². The highest BCUT2D eigenvalue weighted by molar-refractivity contribution is 5.73. The van der Waals surface area contributed by atoms with Crippen LogP contribution in [0.2, 0.25) is 0 Å². The summed E-state index contributed by atoms with van der Waals surface area (Å²) in [5.41, 5.74) is 2.32. The van der Waals surface area contributed by atoms with Crippen molar-refractivity contribution in [1.82, 2.24) is 35.2 Å². The number of aromatic nitrogens is 8. The molecule has 8 nitrogen and oxygen atoms in total. The smallest absolute Gasteiger partial charge is 0.247 e. The Kier molecular flexibility index (Phi) is 1.68. The number of hydrogen-bond acceptors (Lipinski definition) is 5. The maximum Gasteiger partial charge on any atom is 0.457 e. The minimum absolute atomic E-state index is 0.518. The Morgan fingerprint density at radius 3 is 3.06 bits per heavy atom. The number of nitrogens with zero attached hydrogens (tertiary/aromatic N) is 6. The van der Waals surface area contributed by atoms with Crippen molar-refractivity contribution in [2.24, 2.45) is 0 Å². The number of H-pyrrole nitrogens is 2. The van der Waals surface area contributed by atoms with Gasteiger partial charge in [0.05, 0.1) is 17.8 Å². The second-order valence-electron chi connectivity index (χ2n) is 3.78. The summed E-state index contributed by atoms with van der Waals surface area (Å²) in [4.78, 5) is 16.7. The van der Waals surface area contributed by atoms with E-state index in [1.165, 1.54) is 6.33 Å². The minimum Gasteiger partial charge on any atom is -0.247 e. The average Bonchev–Trinajstić information content (AvgIpc) is 3.04. The lowest BCUT2D eigenvalue weighted by Crippen LogP contribution is -2.34. The molecule has 0 spiro atoms. The van der Waals surface area contributed by atoms with Gasteiger partial charge in [0.2, 0.25) is 5.65 Å². The minimum atomic E-state index is 0.518. The Morgan fingerprint density at radius 1 is 1.11 bits per heavy atom. The van der Waals surface area contributed by atoms with E-state index in [2.05, 4.69) is 35.2 Å². The van der Waals surface area contributed by atoms with Crippen LogP contribution in [0.5, 0.6) is 0 Å². The van der Waals surface area contributed by atoms with Gasteiger partial charge in [0.25, 0.3) is 0 Å². The lowest BCUT2D eigenvalue weighted by molar-refractivity contribution is -0.660. The van der Waals surface area contributed by atoms with Crippen LogP contribution in [0.1, 0.15) is 0 Å². The van der Waals surface area contributed by atoms with E-state index in [0.717, 1.165) is 16.4 Å². The molecule has 0 bridgehead atoms. The Labute approximate surface area is 99.7 Å². The zero-order valence-corrected chi connectivity index (χ0v) is 9.07. The fourth-order valence-corrected chi connectivity index (χ4v) is 1.77. The molecule has 4 aromatic rings. The van der Waals surface area contributed by atoms with Crippen LogP contribution in [0, 0.1) is 0 Å². The second-order valence-corrected chi connectivity index (χ2v) is 3.78. The van der Waals surface area contributed by atoms with Crippen molar-refractivity contribution in [3.63, 3.8) is 0 Å². The molecule has 0 amide bonds. The van der Waals surface area contributed by atoms with Crippen LogP contribution in [-0.2, 0) is 0 Å². The van der Waals surface area contributed by atoms with E-state index in [1.54, 1.807) is 23.3 Å². The highest BCUT2D eigenvalue weighted by atomic mass is 15.4. The molecule has 0 saturated heterocycles. The first-order valence-electron chi connectivity index (χ1n) is 5.27. The van der Waals surface area contributed by atoms with Gasteiger partial charge in [0, 0.05) is 0 Å². The van der Waals surface area contributed by atoms with Crippen LogP contribution in [0.4, 0.5) is 0 Å². The van der Waals surface area contributed by atoms with Gasteiger partial charge in [0.1, 0.15) is 29.8 Å². The molecule has 86 valence electrons. The normalized spacial score (nSPS) is 11.3. The van der Waals surface area contributed by atoms with Crippen molar-refractivity contribution in [2.45, 2.75) is 0 Å². The molecule has 0 aromatic carbocycles. The van der Waals surface area contributed by atoms with Gasteiger partial charge >= 0.3 is 5.95 Å². The summed E-state index contributed by atoms with van der Waals surface area (Å²) in [5.74, 6) is 0.518. The molecule has 4 aromatic heterocycles. The molecule has 0 saturated carbocycles. The molecule has 8 heteroatoms. The summed E-state index contributed by atoms with van der Waals surface area (Å²) in [6.45, 7) is 0. The first-order chi connectivity index (χ1) is 8.90. The maximum atomic E-state index is 4.36. The summed E-state index contributed by atoms with van der Waals surface area (Å²) in [7, 11) is 0. The van der Waals surface area contributed by atoms with Crippen molar-refractivity contribution >= 4 is 22.1 Å². The van der Waals surface area contributed by atoms with Gasteiger partial charge in [-0.15, -0.1) is 4.68 Å².